The van der Waals surface area contributed by atoms with E-state index in [1.165, 1.54) is 4.90 Å². The summed E-state index contributed by atoms with van der Waals surface area (Å²) in [7, 11) is 0. The van der Waals surface area contributed by atoms with E-state index in [0.29, 0.717) is 27.2 Å². The summed E-state index contributed by atoms with van der Waals surface area (Å²) in [5.74, 6) is -0.0359. The molecule has 168 valence electrons. The minimum absolute atomic E-state index is 0.190. The zero-order valence-electron chi connectivity index (χ0n) is 18.0. The molecule has 0 saturated carbocycles. The maximum atomic E-state index is 13.1. The largest absolute Gasteiger partial charge is 0.484 e. The summed E-state index contributed by atoms with van der Waals surface area (Å²) in [5, 5.41) is 4.34. The van der Waals surface area contributed by atoms with E-state index >= 15 is 0 Å². The van der Waals surface area contributed by atoms with Gasteiger partial charge in [-0.15, -0.1) is 0 Å². The van der Waals surface area contributed by atoms with Gasteiger partial charge < -0.3 is 15.0 Å². The van der Waals surface area contributed by atoms with Crippen LogP contribution in [0.5, 0.6) is 5.75 Å². The van der Waals surface area contributed by atoms with Crippen molar-refractivity contribution < 1.29 is 14.3 Å². The minimum atomic E-state index is -0.671. The molecule has 0 fully saturated rings. The highest BCUT2D eigenvalue weighted by Gasteiger charge is 2.31. The van der Waals surface area contributed by atoms with Gasteiger partial charge >= 0.3 is 0 Å². The van der Waals surface area contributed by atoms with Gasteiger partial charge in [0.1, 0.15) is 11.8 Å². The molecule has 0 aliphatic rings. The Morgan fingerprint density at radius 2 is 1.68 bits per heavy atom. The fourth-order valence-corrected chi connectivity index (χ4v) is 3.41. The van der Waals surface area contributed by atoms with Crippen molar-refractivity contribution in [1.29, 1.82) is 0 Å². The SMILES string of the molecule is CC[C@@H](C(=O)NC(C)(C)C)N(Cc1ccc(Cl)c(Cl)c1)C(=O)COc1ccc(Cl)cc1. The molecule has 1 N–H and O–H groups in total. The molecule has 31 heavy (non-hydrogen) atoms. The number of nitrogens with zero attached hydrogens (tertiary/aromatic N) is 1. The standard InChI is InChI=1S/C23H27Cl3N2O3/c1-5-20(22(30)27-23(2,3)4)28(13-15-6-11-18(25)19(26)12-15)21(29)14-31-17-9-7-16(24)8-10-17/h6-12,20H,5,13-14H2,1-4H3,(H,27,30)/t20-/m0/s1. The number of ether oxygens (including phenoxy) is 1. The highest BCUT2D eigenvalue weighted by molar-refractivity contribution is 6.42. The number of carbonyl (C=O) groups excluding carboxylic acids is 2. The van der Waals surface area contributed by atoms with Crippen molar-refractivity contribution in [2.75, 3.05) is 6.61 Å². The fourth-order valence-electron chi connectivity index (χ4n) is 2.97. The lowest BCUT2D eigenvalue weighted by Crippen LogP contribution is -2.54. The number of amides is 2. The molecule has 2 amide bonds. The van der Waals surface area contributed by atoms with E-state index in [-0.39, 0.29) is 25.0 Å². The van der Waals surface area contributed by atoms with Gasteiger partial charge in [-0.1, -0.05) is 47.8 Å². The van der Waals surface area contributed by atoms with Crippen LogP contribution in [0.2, 0.25) is 15.1 Å². The molecule has 8 heteroatoms. The smallest absolute Gasteiger partial charge is 0.261 e. The van der Waals surface area contributed by atoms with Gasteiger partial charge in [0.15, 0.2) is 6.61 Å². The van der Waals surface area contributed by atoms with Crippen molar-refractivity contribution >= 4 is 46.6 Å². The zero-order valence-corrected chi connectivity index (χ0v) is 20.3. The maximum absolute atomic E-state index is 13.1. The van der Waals surface area contributed by atoms with Gasteiger partial charge in [0, 0.05) is 17.1 Å². The highest BCUT2D eigenvalue weighted by Crippen LogP contribution is 2.24. The molecular formula is C23H27Cl3N2O3. The molecule has 0 aliphatic carbocycles. The van der Waals surface area contributed by atoms with Crippen LogP contribution in [0.25, 0.3) is 0 Å². The summed E-state index contributed by atoms with van der Waals surface area (Å²) in [6, 6.07) is 11.2. The van der Waals surface area contributed by atoms with E-state index in [0.717, 1.165) is 5.56 Å². The molecule has 0 saturated heterocycles. The Kier molecular flexibility index (Phi) is 9.04. The van der Waals surface area contributed by atoms with Crippen LogP contribution in [-0.2, 0) is 16.1 Å². The average Bonchev–Trinajstić information content (AvgIpc) is 2.68. The Hall–Kier alpha value is -1.95. The third-order valence-electron chi connectivity index (χ3n) is 4.40. The lowest BCUT2D eigenvalue weighted by Gasteiger charge is -2.33. The monoisotopic (exact) mass is 484 g/mol. The first-order valence-corrected chi connectivity index (χ1v) is 11.1. The van der Waals surface area contributed by atoms with Crippen LogP contribution >= 0.6 is 34.8 Å². The Morgan fingerprint density at radius 3 is 2.23 bits per heavy atom. The van der Waals surface area contributed by atoms with Crippen molar-refractivity contribution in [3.63, 3.8) is 0 Å². The predicted molar refractivity (Wildman–Crippen MR) is 126 cm³/mol. The molecule has 5 nitrogen and oxygen atoms in total. The Bertz CT molecular complexity index is 911. The van der Waals surface area contributed by atoms with Crippen LogP contribution in [0.4, 0.5) is 0 Å². The molecule has 2 aromatic rings. The van der Waals surface area contributed by atoms with Gasteiger partial charge in [0.2, 0.25) is 5.91 Å². The Balaban J connectivity index is 2.25. The molecule has 2 rings (SSSR count). The van der Waals surface area contributed by atoms with Gasteiger partial charge in [-0.3, -0.25) is 9.59 Å². The first kappa shape index (κ1) is 25.3. The predicted octanol–water partition coefficient (Wildman–Crippen LogP) is 5.75. The summed E-state index contributed by atoms with van der Waals surface area (Å²) < 4.78 is 5.63. The topological polar surface area (TPSA) is 58.6 Å². The summed E-state index contributed by atoms with van der Waals surface area (Å²) in [4.78, 5) is 27.6. The molecule has 0 unspecified atom stereocenters. The van der Waals surface area contributed by atoms with E-state index in [9.17, 15) is 9.59 Å². The van der Waals surface area contributed by atoms with Crippen LogP contribution in [0.3, 0.4) is 0 Å². The van der Waals surface area contributed by atoms with E-state index < -0.39 is 11.6 Å². The van der Waals surface area contributed by atoms with E-state index in [1.807, 2.05) is 27.7 Å². The zero-order chi connectivity index (χ0) is 23.2. The summed E-state index contributed by atoms with van der Waals surface area (Å²) in [6.45, 7) is 7.52. The molecule has 1 atom stereocenters. The van der Waals surface area contributed by atoms with Crippen molar-refractivity contribution in [2.45, 2.75) is 52.2 Å². The first-order chi connectivity index (χ1) is 14.5. The van der Waals surface area contributed by atoms with Crippen LogP contribution in [0, 0.1) is 0 Å². The molecule has 0 heterocycles. The van der Waals surface area contributed by atoms with Crippen molar-refractivity contribution in [1.82, 2.24) is 10.2 Å². The number of halogens is 3. The molecule has 0 spiro atoms. The second-order valence-corrected chi connectivity index (χ2v) is 9.43. The highest BCUT2D eigenvalue weighted by atomic mass is 35.5. The van der Waals surface area contributed by atoms with Gasteiger partial charge in [-0.25, -0.2) is 0 Å². The number of nitrogens with one attached hydrogen (secondary N) is 1. The van der Waals surface area contributed by atoms with Crippen molar-refractivity contribution in [3.8, 4) is 5.75 Å². The normalized spacial score (nSPS) is 12.2. The quantitative estimate of drug-likeness (QED) is 0.518. The van der Waals surface area contributed by atoms with Crippen LogP contribution in [-0.4, -0.2) is 34.9 Å². The molecule has 0 bridgehead atoms. The Labute approximate surface area is 198 Å². The number of hydrogen-bond acceptors (Lipinski definition) is 3. The van der Waals surface area contributed by atoms with Crippen molar-refractivity contribution in [2.24, 2.45) is 0 Å². The third-order valence-corrected chi connectivity index (χ3v) is 5.39. The second kappa shape index (κ2) is 11.1. The van der Waals surface area contributed by atoms with Gasteiger partial charge in [0.25, 0.3) is 5.91 Å². The van der Waals surface area contributed by atoms with Gasteiger partial charge in [0.05, 0.1) is 10.0 Å². The maximum Gasteiger partial charge on any atom is 0.261 e. The minimum Gasteiger partial charge on any atom is -0.484 e. The molecular weight excluding hydrogens is 459 g/mol. The molecule has 0 radical (unpaired) electrons. The van der Waals surface area contributed by atoms with Crippen LogP contribution in [0.1, 0.15) is 39.7 Å². The van der Waals surface area contributed by atoms with E-state index in [4.69, 9.17) is 39.5 Å². The lowest BCUT2D eigenvalue weighted by atomic mass is 10.1. The third kappa shape index (κ3) is 7.91. The van der Waals surface area contributed by atoms with Crippen LogP contribution < -0.4 is 10.1 Å². The lowest BCUT2D eigenvalue weighted by molar-refractivity contribution is -0.143. The molecule has 2 aromatic carbocycles. The number of benzene rings is 2. The number of hydrogen-bond donors (Lipinski definition) is 1. The first-order valence-electron chi connectivity index (χ1n) is 9.94. The van der Waals surface area contributed by atoms with Gasteiger partial charge in [-0.05, 0) is 69.2 Å². The molecule has 0 aliphatic heterocycles. The summed E-state index contributed by atoms with van der Waals surface area (Å²) in [5.41, 5.74) is 0.332. The Morgan fingerprint density at radius 1 is 1.03 bits per heavy atom. The number of rotatable bonds is 8. The van der Waals surface area contributed by atoms with Crippen LogP contribution in [0.15, 0.2) is 42.5 Å². The van der Waals surface area contributed by atoms with Gasteiger partial charge in [-0.2, -0.15) is 0 Å². The summed E-state index contributed by atoms with van der Waals surface area (Å²) >= 11 is 18.1. The number of carbonyl (C=O) groups is 2. The fraction of sp³-hybridized carbons (Fsp3) is 0.391. The van der Waals surface area contributed by atoms with E-state index in [1.54, 1.807) is 42.5 Å². The van der Waals surface area contributed by atoms with E-state index in [2.05, 4.69) is 5.32 Å². The second-order valence-electron chi connectivity index (χ2n) is 8.18. The molecule has 0 aromatic heterocycles. The van der Waals surface area contributed by atoms with Crippen molar-refractivity contribution in [3.05, 3.63) is 63.1 Å². The summed E-state index contributed by atoms with van der Waals surface area (Å²) in [6.07, 6.45) is 0.440. The average molecular weight is 486 g/mol.